The van der Waals surface area contributed by atoms with Gasteiger partial charge in [0.25, 0.3) is 0 Å². The van der Waals surface area contributed by atoms with E-state index in [-0.39, 0.29) is 0 Å². The van der Waals surface area contributed by atoms with Crippen molar-refractivity contribution in [1.29, 1.82) is 5.26 Å². The largest absolute Gasteiger partial charge is 0.330 e. The van der Waals surface area contributed by atoms with Crippen LogP contribution in [0.4, 0.5) is 0 Å². The van der Waals surface area contributed by atoms with Gasteiger partial charge in [0.1, 0.15) is 5.66 Å². The first-order chi connectivity index (χ1) is 4.76. The molecule has 0 bridgehead atoms. The topological polar surface area (TPSA) is 50.1 Å². The van der Waals surface area contributed by atoms with Gasteiger partial charge in [-0.15, -0.1) is 0 Å². The third-order valence-corrected chi connectivity index (χ3v) is 2.81. The highest BCUT2D eigenvalue weighted by Gasteiger charge is 2.12. The lowest BCUT2D eigenvalue weighted by Crippen LogP contribution is -1.97. The van der Waals surface area contributed by atoms with Crippen LogP contribution in [-0.2, 0) is 9.09 Å². The summed E-state index contributed by atoms with van der Waals surface area (Å²) in [5.74, 6) is 0. The van der Waals surface area contributed by atoms with Gasteiger partial charge in [-0.3, -0.25) is 4.57 Å². The van der Waals surface area contributed by atoms with Crippen LogP contribution >= 0.6 is 8.03 Å². The first kappa shape index (κ1) is 9.68. The van der Waals surface area contributed by atoms with Gasteiger partial charge < -0.3 is 4.52 Å². The summed E-state index contributed by atoms with van der Waals surface area (Å²) in [5.41, 5.74) is -0.398. The average Bonchev–Trinajstić information content (AvgIpc) is 1.91. The highest BCUT2D eigenvalue weighted by molar-refractivity contribution is 7.40. The van der Waals surface area contributed by atoms with Crippen molar-refractivity contribution in [3.8, 4) is 6.07 Å². The minimum absolute atomic E-state index is 0.398. The highest BCUT2D eigenvalue weighted by Crippen LogP contribution is 2.30. The predicted molar refractivity (Wildman–Crippen MR) is 40.3 cm³/mol. The zero-order valence-corrected chi connectivity index (χ0v) is 7.26. The van der Waals surface area contributed by atoms with Crippen LogP contribution in [0.1, 0.15) is 20.3 Å². The van der Waals surface area contributed by atoms with E-state index in [0.717, 1.165) is 0 Å². The lowest BCUT2D eigenvalue weighted by atomic mass is 10.4. The molecule has 0 aromatic heterocycles. The molecular weight excluding hydrogens is 149 g/mol. The van der Waals surface area contributed by atoms with Gasteiger partial charge in [-0.05, 0) is 13.3 Å². The second-order valence-corrected chi connectivity index (χ2v) is 3.47. The molecule has 0 aliphatic rings. The van der Waals surface area contributed by atoms with E-state index < -0.39 is 13.7 Å². The summed E-state index contributed by atoms with van der Waals surface area (Å²) < 4.78 is 15.8. The Morgan fingerprint density at radius 2 is 2.30 bits per heavy atom. The quantitative estimate of drug-likeness (QED) is 0.590. The van der Waals surface area contributed by atoms with Crippen molar-refractivity contribution >= 4 is 8.03 Å². The third-order valence-electron chi connectivity index (χ3n) is 1.14. The van der Waals surface area contributed by atoms with Crippen molar-refractivity contribution in [3.63, 3.8) is 0 Å². The van der Waals surface area contributed by atoms with Gasteiger partial charge in [0.05, 0.1) is 12.7 Å². The molecule has 2 atom stereocenters. The summed E-state index contributed by atoms with van der Waals surface area (Å²) >= 11 is 0. The van der Waals surface area contributed by atoms with Crippen molar-refractivity contribution in [3.05, 3.63) is 0 Å². The Kier molecular flexibility index (Phi) is 5.29. The fourth-order valence-electron chi connectivity index (χ4n) is 0.554. The Bertz CT molecular complexity index is 152. The van der Waals surface area contributed by atoms with E-state index in [9.17, 15) is 4.57 Å². The van der Waals surface area contributed by atoms with Crippen LogP contribution in [-0.4, -0.2) is 12.3 Å². The molecule has 0 heterocycles. The summed E-state index contributed by atoms with van der Waals surface area (Å²) in [6.07, 6.45) is 0.605. The third kappa shape index (κ3) is 3.00. The van der Waals surface area contributed by atoms with Crippen molar-refractivity contribution in [2.75, 3.05) is 6.61 Å². The molecule has 0 spiro atoms. The monoisotopic (exact) mass is 161 g/mol. The number of nitrogens with zero attached hydrogens (tertiary/aromatic N) is 1. The van der Waals surface area contributed by atoms with Crippen molar-refractivity contribution in [1.82, 2.24) is 0 Å². The van der Waals surface area contributed by atoms with Crippen LogP contribution in [0.15, 0.2) is 0 Å². The van der Waals surface area contributed by atoms with Gasteiger partial charge in [-0.25, -0.2) is 0 Å². The molecule has 0 amide bonds. The Labute approximate surface area is 61.9 Å². The van der Waals surface area contributed by atoms with Crippen LogP contribution in [0.2, 0.25) is 0 Å². The van der Waals surface area contributed by atoms with Crippen LogP contribution in [0.5, 0.6) is 0 Å². The molecule has 4 heteroatoms. The van der Waals surface area contributed by atoms with Gasteiger partial charge in [0, 0.05) is 0 Å². The average molecular weight is 161 g/mol. The van der Waals surface area contributed by atoms with E-state index in [1.807, 2.05) is 13.0 Å². The van der Waals surface area contributed by atoms with E-state index in [4.69, 9.17) is 9.79 Å². The smallest absolute Gasteiger partial charge is 0.208 e. The van der Waals surface area contributed by atoms with Crippen molar-refractivity contribution in [2.45, 2.75) is 25.9 Å². The van der Waals surface area contributed by atoms with Crippen LogP contribution in [0, 0.1) is 11.3 Å². The van der Waals surface area contributed by atoms with Gasteiger partial charge >= 0.3 is 0 Å². The van der Waals surface area contributed by atoms with E-state index in [2.05, 4.69) is 0 Å². The first-order valence-corrected chi connectivity index (χ1v) is 4.71. The minimum atomic E-state index is -2.09. The zero-order chi connectivity index (χ0) is 7.98. The van der Waals surface area contributed by atoms with E-state index in [1.54, 1.807) is 6.92 Å². The summed E-state index contributed by atoms with van der Waals surface area (Å²) in [6.45, 7) is 4.03. The van der Waals surface area contributed by atoms with Crippen molar-refractivity contribution in [2.24, 2.45) is 0 Å². The Hall–Kier alpha value is -0.320. The molecule has 2 unspecified atom stereocenters. The van der Waals surface area contributed by atoms with Crippen molar-refractivity contribution < 1.29 is 9.09 Å². The number of hydrogen-bond donors (Lipinski definition) is 0. The predicted octanol–water partition coefficient (Wildman–Crippen LogP) is 1.80. The molecule has 0 saturated heterocycles. The van der Waals surface area contributed by atoms with E-state index >= 15 is 0 Å². The fraction of sp³-hybridized carbons (Fsp3) is 0.833. The molecule has 0 N–H and O–H groups in total. The van der Waals surface area contributed by atoms with Crippen LogP contribution in [0.3, 0.4) is 0 Å². The molecule has 0 saturated carbocycles. The summed E-state index contributed by atoms with van der Waals surface area (Å²) in [4.78, 5) is 0. The summed E-state index contributed by atoms with van der Waals surface area (Å²) in [5, 5.41) is 8.42. The molecule has 0 aromatic rings. The lowest BCUT2D eigenvalue weighted by molar-refractivity contribution is 0.346. The first-order valence-electron chi connectivity index (χ1n) is 3.32. The maximum absolute atomic E-state index is 10.9. The fourth-order valence-corrected chi connectivity index (χ4v) is 1.48. The maximum Gasteiger partial charge on any atom is 0.208 e. The van der Waals surface area contributed by atoms with E-state index in [1.165, 1.54) is 0 Å². The van der Waals surface area contributed by atoms with Gasteiger partial charge in [0.15, 0.2) is 0 Å². The molecule has 10 heavy (non-hydrogen) atoms. The van der Waals surface area contributed by atoms with Gasteiger partial charge in [-0.2, -0.15) is 5.26 Å². The summed E-state index contributed by atoms with van der Waals surface area (Å²) in [6, 6.07) is 1.94. The second kappa shape index (κ2) is 5.46. The minimum Gasteiger partial charge on any atom is -0.330 e. The molecule has 58 valence electrons. The SMILES string of the molecule is CCO[PH](=O)C(C#N)CC. The molecular formula is C6H12NO2P. The standard InChI is InChI=1S/C6H12NO2P/c1-3-6(5-7)10(8)9-4-2/h6,10H,3-4H2,1-2H3. The number of hydrogen-bond acceptors (Lipinski definition) is 3. The second-order valence-electron chi connectivity index (χ2n) is 1.84. The molecule has 0 aliphatic heterocycles. The maximum atomic E-state index is 10.9. The van der Waals surface area contributed by atoms with Gasteiger partial charge in [0.2, 0.25) is 8.03 Å². The molecule has 0 aliphatic carbocycles. The van der Waals surface area contributed by atoms with Crippen LogP contribution < -0.4 is 0 Å². The Morgan fingerprint density at radius 1 is 1.70 bits per heavy atom. The molecule has 0 radical (unpaired) electrons. The number of nitriles is 1. The molecule has 0 rings (SSSR count). The van der Waals surface area contributed by atoms with Gasteiger partial charge in [-0.1, -0.05) is 6.92 Å². The highest BCUT2D eigenvalue weighted by atomic mass is 31.1. The van der Waals surface area contributed by atoms with Crippen LogP contribution in [0.25, 0.3) is 0 Å². The Balaban J connectivity index is 3.80. The lowest BCUT2D eigenvalue weighted by Gasteiger charge is -2.04. The zero-order valence-electron chi connectivity index (χ0n) is 6.26. The summed E-state index contributed by atoms with van der Waals surface area (Å²) in [7, 11) is -2.09. The normalized spacial score (nSPS) is 15.7. The molecule has 3 nitrogen and oxygen atoms in total. The molecule has 0 fully saturated rings. The molecule has 0 aromatic carbocycles. The Morgan fingerprint density at radius 3 is 2.60 bits per heavy atom. The van der Waals surface area contributed by atoms with E-state index in [0.29, 0.717) is 13.0 Å². The number of rotatable bonds is 4.